The number of Topliss-reactive ketones (excluding diaryl/α,β-unsaturated/α-hetero) is 1. The molecule has 2 N–H and O–H groups in total. The molecule has 1 atom stereocenters. The van der Waals surface area contributed by atoms with E-state index in [-0.39, 0.29) is 28.4 Å². The largest absolute Gasteiger partial charge is 0.503 e. The Hall–Kier alpha value is -2.47. The summed E-state index contributed by atoms with van der Waals surface area (Å²) in [4.78, 5) is 26.4. The molecule has 1 aromatic carbocycles. The summed E-state index contributed by atoms with van der Waals surface area (Å²) < 4.78 is 11.2. The second-order valence-electron chi connectivity index (χ2n) is 8.48. The number of allylic oxidation sites excluding steroid dienone is 3. The van der Waals surface area contributed by atoms with Crippen molar-refractivity contribution in [2.75, 3.05) is 7.11 Å². The monoisotopic (exact) mass is 445 g/mol. The van der Waals surface area contributed by atoms with Crippen LogP contribution in [0.2, 0.25) is 5.02 Å². The standard InChI is InChI=1S/C24H28ClNO5/c1-13-20(24(29)31-15-7-4-3-5-8-15)21(22-17(26-13)9-6-10-18(22)27)14-11-16(25)23(28)19(12-14)30-2/h11-12,15,21,26,28H,3-10H2,1-2H3/t21-/m0/s1. The number of phenols is 1. The number of hydrogen-bond acceptors (Lipinski definition) is 6. The molecule has 1 fully saturated rings. The van der Waals surface area contributed by atoms with Gasteiger partial charge in [-0.3, -0.25) is 4.79 Å². The average Bonchev–Trinajstić information content (AvgIpc) is 2.75. The Balaban J connectivity index is 1.80. The molecule has 6 nitrogen and oxygen atoms in total. The minimum absolute atomic E-state index is 0.0115. The molecule has 0 amide bonds. The topological polar surface area (TPSA) is 84.9 Å². The first kappa shape index (κ1) is 21.8. The van der Waals surface area contributed by atoms with Crippen molar-refractivity contribution >= 4 is 23.4 Å². The lowest BCUT2D eigenvalue weighted by Crippen LogP contribution is -2.35. The first-order valence-corrected chi connectivity index (χ1v) is 11.3. The molecule has 7 heteroatoms. The molecule has 1 aliphatic heterocycles. The number of rotatable bonds is 4. The van der Waals surface area contributed by atoms with Gasteiger partial charge in [0.25, 0.3) is 0 Å². The smallest absolute Gasteiger partial charge is 0.337 e. The Kier molecular flexibility index (Phi) is 6.28. The lowest BCUT2D eigenvalue weighted by Gasteiger charge is -2.35. The maximum absolute atomic E-state index is 13.4. The molecule has 1 aromatic rings. The van der Waals surface area contributed by atoms with Crippen molar-refractivity contribution in [3.63, 3.8) is 0 Å². The van der Waals surface area contributed by atoms with Crippen LogP contribution in [-0.4, -0.2) is 30.1 Å². The molecule has 3 aliphatic rings. The van der Waals surface area contributed by atoms with Crippen molar-refractivity contribution in [2.45, 2.75) is 70.3 Å². The van der Waals surface area contributed by atoms with E-state index in [1.165, 1.54) is 7.11 Å². The van der Waals surface area contributed by atoms with Gasteiger partial charge in [-0.15, -0.1) is 0 Å². The number of hydrogen-bond donors (Lipinski definition) is 2. The summed E-state index contributed by atoms with van der Waals surface area (Å²) in [7, 11) is 1.44. The number of halogens is 1. The summed E-state index contributed by atoms with van der Waals surface area (Å²) in [5.41, 5.74) is 3.15. The number of benzene rings is 1. The fraction of sp³-hybridized carbons (Fsp3) is 0.500. The van der Waals surface area contributed by atoms with Gasteiger partial charge >= 0.3 is 5.97 Å². The molecular formula is C24H28ClNO5. The van der Waals surface area contributed by atoms with Crippen molar-refractivity contribution in [2.24, 2.45) is 0 Å². The van der Waals surface area contributed by atoms with Gasteiger partial charge in [-0.25, -0.2) is 4.79 Å². The van der Waals surface area contributed by atoms with E-state index in [2.05, 4.69) is 5.32 Å². The molecular weight excluding hydrogens is 418 g/mol. The van der Waals surface area contributed by atoms with E-state index in [0.29, 0.717) is 28.8 Å². The quantitative estimate of drug-likeness (QED) is 0.641. The minimum atomic E-state index is -0.618. The Bertz CT molecular complexity index is 974. The molecule has 2 aliphatic carbocycles. The Labute approximate surface area is 187 Å². The predicted molar refractivity (Wildman–Crippen MR) is 117 cm³/mol. The Morgan fingerprint density at radius 1 is 1.16 bits per heavy atom. The normalized spacial score (nSPS) is 22.2. The van der Waals surface area contributed by atoms with E-state index in [1.807, 2.05) is 6.92 Å². The van der Waals surface area contributed by atoms with E-state index in [4.69, 9.17) is 21.1 Å². The first-order chi connectivity index (χ1) is 14.9. The molecule has 0 saturated heterocycles. The van der Waals surface area contributed by atoms with E-state index in [9.17, 15) is 14.7 Å². The SMILES string of the molecule is COc1cc([C@H]2C(C(=O)OC3CCCCC3)=C(C)NC3=C2C(=O)CCC3)cc(Cl)c1O. The second kappa shape index (κ2) is 8.95. The highest BCUT2D eigenvalue weighted by molar-refractivity contribution is 6.32. The van der Waals surface area contributed by atoms with E-state index in [0.717, 1.165) is 50.6 Å². The molecule has 0 unspecified atom stereocenters. The van der Waals surface area contributed by atoms with Gasteiger partial charge in [-0.1, -0.05) is 18.0 Å². The number of phenolic OH excluding ortho intramolecular Hbond substituents is 1. The van der Waals surface area contributed by atoms with Crippen LogP contribution in [0.15, 0.2) is 34.7 Å². The van der Waals surface area contributed by atoms with Crippen LogP contribution in [0, 0.1) is 0 Å². The van der Waals surface area contributed by atoms with Crippen molar-refractivity contribution in [1.82, 2.24) is 5.32 Å². The third-order valence-electron chi connectivity index (χ3n) is 6.43. The minimum Gasteiger partial charge on any atom is -0.503 e. The van der Waals surface area contributed by atoms with Crippen LogP contribution in [0.3, 0.4) is 0 Å². The number of methoxy groups -OCH3 is 1. The van der Waals surface area contributed by atoms with Gasteiger partial charge in [0, 0.05) is 29.3 Å². The second-order valence-corrected chi connectivity index (χ2v) is 8.89. The lowest BCUT2D eigenvalue weighted by atomic mass is 9.75. The van der Waals surface area contributed by atoms with Crippen LogP contribution in [0.25, 0.3) is 0 Å². The van der Waals surface area contributed by atoms with Gasteiger partial charge in [0.15, 0.2) is 17.3 Å². The van der Waals surface area contributed by atoms with Crippen LogP contribution in [-0.2, 0) is 14.3 Å². The van der Waals surface area contributed by atoms with E-state index in [1.54, 1.807) is 12.1 Å². The molecule has 31 heavy (non-hydrogen) atoms. The van der Waals surface area contributed by atoms with Gasteiger partial charge in [-0.05, 0) is 63.1 Å². The van der Waals surface area contributed by atoms with Crippen LogP contribution in [0.5, 0.6) is 11.5 Å². The highest BCUT2D eigenvalue weighted by atomic mass is 35.5. The zero-order chi connectivity index (χ0) is 22.1. The van der Waals surface area contributed by atoms with Crippen LogP contribution < -0.4 is 10.1 Å². The van der Waals surface area contributed by atoms with Gasteiger partial charge in [0.1, 0.15) is 6.10 Å². The molecule has 0 radical (unpaired) electrons. The number of ether oxygens (including phenoxy) is 2. The van der Waals surface area contributed by atoms with E-state index >= 15 is 0 Å². The molecule has 1 heterocycles. The van der Waals surface area contributed by atoms with Crippen molar-refractivity contribution in [3.8, 4) is 11.5 Å². The summed E-state index contributed by atoms with van der Waals surface area (Å²) in [5.74, 6) is -0.985. The van der Waals surface area contributed by atoms with Crippen LogP contribution in [0.1, 0.15) is 69.8 Å². The molecule has 0 bridgehead atoms. The molecule has 0 aromatic heterocycles. The number of dihydropyridines is 1. The van der Waals surface area contributed by atoms with Crippen molar-refractivity contribution in [1.29, 1.82) is 0 Å². The lowest BCUT2D eigenvalue weighted by molar-refractivity contribution is -0.146. The number of carbonyl (C=O) groups excluding carboxylic acids is 2. The number of ketones is 1. The Morgan fingerprint density at radius 2 is 1.90 bits per heavy atom. The first-order valence-electron chi connectivity index (χ1n) is 10.9. The zero-order valence-corrected chi connectivity index (χ0v) is 18.7. The number of esters is 1. The number of nitrogens with one attached hydrogen (secondary N) is 1. The highest BCUT2D eigenvalue weighted by Gasteiger charge is 2.40. The maximum atomic E-state index is 13.4. The maximum Gasteiger partial charge on any atom is 0.337 e. The van der Waals surface area contributed by atoms with Gasteiger partial charge in [-0.2, -0.15) is 0 Å². The summed E-state index contributed by atoms with van der Waals surface area (Å²) in [6, 6.07) is 3.24. The third kappa shape index (κ3) is 4.18. The number of carbonyl (C=O) groups is 2. The predicted octanol–water partition coefficient (Wildman–Crippen LogP) is 4.90. The molecule has 1 saturated carbocycles. The molecule has 166 valence electrons. The molecule has 0 spiro atoms. The van der Waals surface area contributed by atoms with Crippen LogP contribution in [0.4, 0.5) is 0 Å². The number of aromatic hydroxyl groups is 1. The van der Waals surface area contributed by atoms with E-state index < -0.39 is 11.9 Å². The fourth-order valence-corrected chi connectivity index (χ4v) is 5.12. The molecule has 4 rings (SSSR count). The van der Waals surface area contributed by atoms with Crippen molar-refractivity contribution in [3.05, 3.63) is 45.3 Å². The van der Waals surface area contributed by atoms with Crippen molar-refractivity contribution < 1.29 is 24.2 Å². The zero-order valence-electron chi connectivity index (χ0n) is 17.9. The average molecular weight is 446 g/mol. The summed E-state index contributed by atoms with van der Waals surface area (Å²) in [6.07, 6.45) is 6.84. The fourth-order valence-electron chi connectivity index (χ4n) is 4.90. The highest BCUT2D eigenvalue weighted by Crippen LogP contribution is 2.46. The Morgan fingerprint density at radius 3 is 2.61 bits per heavy atom. The van der Waals surface area contributed by atoms with Gasteiger partial charge in [0.05, 0.1) is 17.7 Å². The van der Waals surface area contributed by atoms with Gasteiger partial charge < -0.3 is 19.9 Å². The third-order valence-corrected chi connectivity index (χ3v) is 6.71. The van der Waals surface area contributed by atoms with Gasteiger partial charge in [0.2, 0.25) is 0 Å². The summed E-state index contributed by atoms with van der Waals surface area (Å²) >= 11 is 6.27. The van der Waals surface area contributed by atoms with Crippen LogP contribution >= 0.6 is 11.6 Å². The summed E-state index contributed by atoms with van der Waals surface area (Å²) in [6.45, 7) is 1.84. The summed E-state index contributed by atoms with van der Waals surface area (Å²) in [5, 5.41) is 13.6.